The number of ether oxygens (including phenoxy) is 1. The van der Waals surface area contributed by atoms with Gasteiger partial charge in [-0.05, 0) is 12.1 Å². The van der Waals surface area contributed by atoms with E-state index in [0.29, 0.717) is 13.0 Å². The van der Waals surface area contributed by atoms with Crippen LogP contribution in [0.5, 0.6) is 5.75 Å². The molecule has 0 bridgehead atoms. The molecule has 1 aliphatic heterocycles. The Morgan fingerprint density at radius 1 is 1.38 bits per heavy atom. The molecule has 1 saturated heterocycles. The fourth-order valence-electron chi connectivity index (χ4n) is 2.85. The molecular weight excluding hydrogens is 330 g/mol. The molecule has 3 rings (SSSR count). The van der Waals surface area contributed by atoms with Crippen LogP contribution in [-0.2, 0) is 11.2 Å². The first-order chi connectivity index (χ1) is 11.3. The summed E-state index contributed by atoms with van der Waals surface area (Å²) < 4.78 is 10.7. The number of nitrogens with zero attached hydrogens (tertiary/aromatic N) is 1. The minimum Gasteiger partial charge on any atom is -0.497 e. The van der Waals surface area contributed by atoms with Crippen molar-refractivity contribution in [2.24, 2.45) is 0 Å². The van der Waals surface area contributed by atoms with Gasteiger partial charge in [-0.25, -0.2) is 0 Å². The first-order valence-electron chi connectivity index (χ1n) is 8.00. The largest absolute Gasteiger partial charge is 0.497 e. The highest BCUT2D eigenvalue weighted by molar-refractivity contribution is 5.88. The Kier molecular flexibility index (Phi) is 6.90. The molecule has 2 heterocycles. The summed E-state index contributed by atoms with van der Waals surface area (Å²) in [5.41, 5.74) is 1.65. The van der Waals surface area contributed by atoms with Crippen molar-refractivity contribution in [3.63, 3.8) is 0 Å². The second kappa shape index (κ2) is 8.92. The fourth-order valence-corrected chi connectivity index (χ4v) is 2.85. The highest BCUT2D eigenvalue weighted by Gasteiger charge is 2.12. The van der Waals surface area contributed by atoms with E-state index < -0.39 is 0 Å². The van der Waals surface area contributed by atoms with Gasteiger partial charge in [-0.15, -0.1) is 12.4 Å². The fraction of sp³-hybridized carbons (Fsp3) is 0.471. The lowest BCUT2D eigenvalue weighted by Gasteiger charge is -2.27. The maximum atomic E-state index is 12.1. The van der Waals surface area contributed by atoms with Crippen LogP contribution < -0.4 is 15.4 Å². The van der Waals surface area contributed by atoms with Gasteiger partial charge < -0.3 is 19.8 Å². The van der Waals surface area contributed by atoms with Gasteiger partial charge in [0.1, 0.15) is 11.3 Å². The number of halogens is 1. The molecule has 0 radical (unpaired) electrons. The van der Waals surface area contributed by atoms with Gasteiger partial charge in [0.2, 0.25) is 5.91 Å². The van der Waals surface area contributed by atoms with Gasteiger partial charge in [-0.2, -0.15) is 0 Å². The minimum absolute atomic E-state index is 0. The van der Waals surface area contributed by atoms with Crippen molar-refractivity contribution >= 4 is 29.3 Å². The summed E-state index contributed by atoms with van der Waals surface area (Å²) in [6, 6.07) is 5.64. The van der Waals surface area contributed by atoms with Crippen LogP contribution in [0.15, 0.2) is 28.9 Å². The van der Waals surface area contributed by atoms with E-state index in [2.05, 4.69) is 15.5 Å². The van der Waals surface area contributed by atoms with Gasteiger partial charge in [0.15, 0.2) is 0 Å². The lowest BCUT2D eigenvalue weighted by Crippen LogP contribution is -2.46. The number of carbonyl (C=O) groups is 1. The molecule has 0 saturated carbocycles. The van der Waals surface area contributed by atoms with Crippen molar-refractivity contribution in [2.75, 3.05) is 46.4 Å². The zero-order valence-electron chi connectivity index (χ0n) is 13.8. The van der Waals surface area contributed by atoms with Gasteiger partial charge in [0.05, 0.1) is 19.8 Å². The van der Waals surface area contributed by atoms with E-state index >= 15 is 0 Å². The summed E-state index contributed by atoms with van der Waals surface area (Å²) in [4.78, 5) is 14.5. The number of carbonyl (C=O) groups excluding carboxylic acids is 1. The van der Waals surface area contributed by atoms with Crippen molar-refractivity contribution in [3.05, 3.63) is 30.0 Å². The molecule has 1 amide bonds. The molecule has 132 valence electrons. The molecule has 1 fully saturated rings. The third-order valence-electron chi connectivity index (χ3n) is 4.17. The third-order valence-corrected chi connectivity index (χ3v) is 4.17. The Morgan fingerprint density at radius 3 is 2.92 bits per heavy atom. The average Bonchev–Trinajstić information content (AvgIpc) is 2.98. The normalized spacial score (nSPS) is 15.0. The van der Waals surface area contributed by atoms with Crippen LogP contribution >= 0.6 is 12.4 Å². The molecular formula is C17H24ClN3O3. The van der Waals surface area contributed by atoms with Crippen molar-refractivity contribution in [3.8, 4) is 5.75 Å². The number of hydrogen-bond acceptors (Lipinski definition) is 5. The first-order valence-corrected chi connectivity index (χ1v) is 8.00. The molecule has 7 heteroatoms. The maximum absolute atomic E-state index is 12.1. The van der Waals surface area contributed by atoms with Gasteiger partial charge in [0.25, 0.3) is 0 Å². The Bertz CT molecular complexity index is 668. The summed E-state index contributed by atoms with van der Waals surface area (Å²) in [5.74, 6) is 0.775. The van der Waals surface area contributed by atoms with Gasteiger partial charge in [-0.1, -0.05) is 0 Å². The van der Waals surface area contributed by atoms with Crippen LogP contribution in [0.25, 0.3) is 11.0 Å². The lowest BCUT2D eigenvalue weighted by molar-refractivity contribution is -0.120. The van der Waals surface area contributed by atoms with E-state index in [-0.39, 0.29) is 18.3 Å². The van der Waals surface area contributed by atoms with E-state index in [1.54, 1.807) is 13.4 Å². The molecule has 6 nitrogen and oxygen atoms in total. The monoisotopic (exact) mass is 353 g/mol. The van der Waals surface area contributed by atoms with Crippen molar-refractivity contribution < 1.29 is 13.9 Å². The topological polar surface area (TPSA) is 66.7 Å². The van der Waals surface area contributed by atoms with Gasteiger partial charge in [-0.3, -0.25) is 9.69 Å². The van der Waals surface area contributed by atoms with Crippen LogP contribution in [0.2, 0.25) is 0 Å². The van der Waals surface area contributed by atoms with Gasteiger partial charge in [0, 0.05) is 56.3 Å². The summed E-state index contributed by atoms with van der Waals surface area (Å²) >= 11 is 0. The number of fused-ring (bicyclic) bond motifs is 1. The molecule has 2 aromatic rings. The van der Waals surface area contributed by atoms with Gasteiger partial charge >= 0.3 is 0 Å². The number of rotatable bonds is 6. The summed E-state index contributed by atoms with van der Waals surface area (Å²) in [7, 11) is 1.62. The van der Waals surface area contributed by atoms with E-state index in [1.165, 1.54) is 0 Å². The molecule has 1 aromatic carbocycles. The quantitative estimate of drug-likeness (QED) is 0.822. The zero-order chi connectivity index (χ0) is 16.1. The molecule has 0 spiro atoms. The smallest absolute Gasteiger partial charge is 0.224 e. The highest BCUT2D eigenvalue weighted by Crippen LogP contribution is 2.25. The summed E-state index contributed by atoms with van der Waals surface area (Å²) in [6.07, 6.45) is 1.99. The van der Waals surface area contributed by atoms with E-state index in [1.807, 2.05) is 18.2 Å². The van der Waals surface area contributed by atoms with Crippen LogP contribution in [0, 0.1) is 0 Å². The molecule has 1 aromatic heterocycles. The molecule has 1 aliphatic rings. The number of furan rings is 1. The second-order valence-corrected chi connectivity index (χ2v) is 5.74. The van der Waals surface area contributed by atoms with Crippen LogP contribution in [0.1, 0.15) is 5.56 Å². The predicted molar refractivity (Wildman–Crippen MR) is 96.0 cm³/mol. The number of methoxy groups -OCH3 is 1. The van der Waals surface area contributed by atoms with Crippen molar-refractivity contribution in [1.29, 1.82) is 0 Å². The number of benzene rings is 1. The molecule has 2 N–H and O–H groups in total. The number of nitrogens with one attached hydrogen (secondary N) is 2. The average molecular weight is 354 g/mol. The van der Waals surface area contributed by atoms with E-state index in [4.69, 9.17) is 9.15 Å². The van der Waals surface area contributed by atoms with E-state index in [9.17, 15) is 4.79 Å². The third kappa shape index (κ3) is 4.63. The van der Waals surface area contributed by atoms with E-state index in [0.717, 1.165) is 55.0 Å². The predicted octanol–water partition coefficient (Wildman–Crippen LogP) is 1.43. The van der Waals surface area contributed by atoms with Crippen LogP contribution in [0.3, 0.4) is 0 Å². The van der Waals surface area contributed by atoms with Crippen LogP contribution in [-0.4, -0.2) is 57.2 Å². The minimum atomic E-state index is 0. The molecule has 0 unspecified atom stereocenters. The summed E-state index contributed by atoms with van der Waals surface area (Å²) in [5, 5.41) is 7.27. The maximum Gasteiger partial charge on any atom is 0.224 e. The number of hydrogen-bond donors (Lipinski definition) is 2. The highest BCUT2D eigenvalue weighted by atomic mass is 35.5. The molecule has 0 atom stereocenters. The Morgan fingerprint density at radius 2 is 2.17 bits per heavy atom. The molecule has 24 heavy (non-hydrogen) atoms. The Balaban J connectivity index is 0.00000208. The number of amides is 1. The van der Waals surface area contributed by atoms with Crippen molar-refractivity contribution in [2.45, 2.75) is 6.42 Å². The lowest BCUT2D eigenvalue weighted by atomic mass is 10.1. The molecule has 0 aliphatic carbocycles. The van der Waals surface area contributed by atoms with Crippen molar-refractivity contribution in [1.82, 2.24) is 15.5 Å². The number of piperazine rings is 1. The summed E-state index contributed by atoms with van der Waals surface area (Å²) in [6.45, 7) is 5.73. The Hall–Kier alpha value is -1.76. The second-order valence-electron chi connectivity index (χ2n) is 5.74. The Labute approximate surface area is 147 Å². The standard InChI is InChI=1S/C17H23N3O3.ClH/c1-22-14-2-3-15-13(12-23-16(15)11-14)10-17(21)19-6-9-20-7-4-18-5-8-20;/h2-3,11-12,18H,4-10H2,1H3,(H,19,21);1H. The van der Waals surface area contributed by atoms with Crippen LogP contribution in [0.4, 0.5) is 0 Å². The zero-order valence-corrected chi connectivity index (χ0v) is 14.7. The first kappa shape index (κ1) is 18.6. The SMILES string of the molecule is COc1ccc2c(CC(=O)NCCN3CCNCC3)coc2c1.Cl.